The fourth-order valence-corrected chi connectivity index (χ4v) is 3.91. The molecule has 0 N–H and O–H groups in total. The minimum atomic E-state index is -4.15. The molecular formula is C12H13Cl4NO3S. The van der Waals surface area contributed by atoms with E-state index in [-0.39, 0.29) is 26.5 Å². The molecule has 0 aliphatic carbocycles. The number of hydrogen-bond acceptors (Lipinski definition) is 3. The summed E-state index contributed by atoms with van der Waals surface area (Å²) in [5, 5.41) is -0.548. The Labute approximate surface area is 143 Å². The first-order valence-corrected chi connectivity index (χ1v) is 9.28. The summed E-state index contributed by atoms with van der Waals surface area (Å²) in [7, 11) is 2.70. The lowest BCUT2D eigenvalue weighted by Gasteiger charge is -2.21. The molecule has 1 amide bonds. The Morgan fingerprint density at radius 2 is 1.76 bits per heavy atom. The van der Waals surface area contributed by atoms with Crippen LogP contribution in [0.4, 0.5) is 0 Å². The van der Waals surface area contributed by atoms with Crippen LogP contribution in [0.3, 0.4) is 0 Å². The van der Waals surface area contributed by atoms with E-state index >= 15 is 0 Å². The number of halogens is 4. The molecule has 1 aromatic carbocycles. The van der Waals surface area contributed by atoms with Gasteiger partial charge in [-0.2, -0.15) is 0 Å². The third-order valence-electron chi connectivity index (χ3n) is 2.59. The minimum Gasteiger partial charge on any atom is -0.341 e. The van der Waals surface area contributed by atoms with E-state index < -0.39 is 19.9 Å². The lowest BCUT2D eigenvalue weighted by Crippen LogP contribution is -2.31. The van der Waals surface area contributed by atoms with Crippen molar-refractivity contribution >= 4 is 60.4 Å². The van der Waals surface area contributed by atoms with Crippen molar-refractivity contribution in [1.29, 1.82) is 0 Å². The van der Waals surface area contributed by atoms with Gasteiger partial charge >= 0.3 is 0 Å². The maximum Gasteiger partial charge on any atom is 0.262 e. The number of hydrogen-bond donors (Lipinski definition) is 0. The molecule has 0 atom stereocenters. The van der Waals surface area contributed by atoms with Crippen LogP contribution in [0, 0.1) is 5.92 Å². The van der Waals surface area contributed by atoms with Crippen molar-refractivity contribution in [3.63, 3.8) is 0 Å². The quantitative estimate of drug-likeness (QED) is 0.566. The number of carbonyl (C=O) groups is 1. The topological polar surface area (TPSA) is 54.5 Å². The minimum absolute atomic E-state index is 0.105. The van der Waals surface area contributed by atoms with Gasteiger partial charge in [-0.25, -0.2) is 8.42 Å². The molecule has 21 heavy (non-hydrogen) atoms. The second-order valence-electron chi connectivity index (χ2n) is 4.88. The first kappa shape index (κ1) is 18.8. The number of amides is 1. The first-order chi connectivity index (χ1) is 9.46. The Morgan fingerprint density at radius 3 is 2.19 bits per heavy atom. The molecule has 0 saturated heterocycles. The summed E-state index contributed by atoms with van der Waals surface area (Å²) in [6.07, 6.45) is 0. The third kappa shape index (κ3) is 4.39. The van der Waals surface area contributed by atoms with E-state index in [0.29, 0.717) is 6.54 Å². The van der Waals surface area contributed by atoms with Gasteiger partial charge in [-0.3, -0.25) is 4.79 Å². The second-order valence-corrected chi connectivity index (χ2v) is 8.57. The van der Waals surface area contributed by atoms with Crippen molar-refractivity contribution in [1.82, 2.24) is 4.90 Å². The third-order valence-corrected chi connectivity index (χ3v) is 5.22. The zero-order valence-corrected chi connectivity index (χ0v) is 15.3. The Morgan fingerprint density at radius 1 is 1.24 bits per heavy atom. The highest BCUT2D eigenvalue weighted by molar-refractivity contribution is 8.13. The van der Waals surface area contributed by atoms with Crippen LogP contribution in [0.5, 0.6) is 0 Å². The van der Waals surface area contributed by atoms with Gasteiger partial charge in [0.1, 0.15) is 4.90 Å². The average molecular weight is 393 g/mol. The van der Waals surface area contributed by atoms with Gasteiger partial charge in [0.25, 0.3) is 15.0 Å². The van der Waals surface area contributed by atoms with Crippen molar-refractivity contribution in [2.45, 2.75) is 18.7 Å². The molecule has 0 aliphatic rings. The van der Waals surface area contributed by atoms with Crippen molar-refractivity contribution in [3.8, 4) is 0 Å². The molecule has 1 aromatic rings. The fourth-order valence-electron chi connectivity index (χ4n) is 1.77. The van der Waals surface area contributed by atoms with Crippen LogP contribution in [-0.2, 0) is 9.05 Å². The monoisotopic (exact) mass is 391 g/mol. The molecule has 0 fully saturated rings. The van der Waals surface area contributed by atoms with E-state index in [0.717, 1.165) is 6.07 Å². The summed E-state index contributed by atoms with van der Waals surface area (Å²) in [5.74, 6) is -0.310. The fraction of sp³-hybridized carbons (Fsp3) is 0.417. The SMILES string of the molecule is CC(C)CN(C)C(=O)c1c(Cl)c(Cl)cc(S(=O)(=O)Cl)c1Cl. The van der Waals surface area contributed by atoms with E-state index in [9.17, 15) is 13.2 Å². The van der Waals surface area contributed by atoms with Gasteiger partial charge in [-0.1, -0.05) is 48.7 Å². The Balaban J connectivity index is 3.49. The van der Waals surface area contributed by atoms with Gasteiger partial charge in [-0.05, 0) is 12.0 Å². The molecule has 118 valence electrons. The molecule has 0 aliphatic heterocycles. The maximum atomic E-state index is 12.4. The number of carbonyl (C=O) groups excluding carboxylic acids is 1. The second kappa shape index (κ2) is 6.92. The highest BCUT2D eigenvalue weighted by Crippen LogP contribution is 2.38. The highest BCUT2D eigenvalue weighted by atomic mass is 35.7. The number of nitrogens with zero attached hydrogens (tertiary/aromatic N) is 1. The van der Waals surface area contributed by atoms with Crippen molar-refractivity contribution in [2.24, 2.45) is 5.92 Å². The molecule has 9 heteroatoms. The van der Waals surface area contributed by atoms with E-state index in [1.165, 1.54) is 4.90 Å². The van der Waals surface area contributed by atoms with Gasteiger partial charge in [-0.15, -0.1) is 0 Å². The molecule has 0 bridgehead atoms. The van der Waals surface area contributed by atoms with Crippen LogP contribution >= 0.6 is 45.5 Å². The van der Waals surface area contributed by atoms with Gasteiger partial charge < -0.3 is 4.90 Å². The summed E-state index contributed by atoms with van der Waals surface area (Å²) < 4.78 is 23.0. The predicted octanol–water partition coefficient (Wildman–Crippen LogP) is 4.30. The summed E-state index contributed by atoms with van der Waals surface area (Å²) in [6, 6.07) is 1.02. The molecular weight excluding hydrogens is 380 g/mol. The zero-order chi connectivity index (χ0) is 16.5. The molecule has 1 rings (SSSR count). The summed E-state index contributed by atoms with van der Waals surface area (Å²) in [5.41, 5.74) is -0.173. The van der Waals surface area contributed by atoms with E-state index in [1.54, 1.807) is 7.05 Å². The van der Waals surface area contributed by atoms with E-state index in [1.807, 2.05) is 13.8 Å². The Kier molecular flexibility index (Phi) is 6.21. The molecule has 4 nitrogen and oxygen atoms in total. The van der Waals surface area contributed by atoms with Crippen LogP contribution in [0.15, 0.2) is 11.0 Å². The molecule has 0 spiro atoms. The van der Waals surface area contributed by atoms with Gasteiger partial charge in [0.15, 0.2) is 0 Å². The van der Waals surface area contributed by atoms with E-state index in [4.69, 9.17) is 45.5 Å². The Hall–Kier alpha value is -0.200. The van der Waals surface area contributed by atoms with Crippen LogP contribution in [-0.4, -0.2) is 32.8 Å². The first-order valence-electron chi connectivity index (χ1n) is 5.84. The van der Waals surface area contributed by atoms with E-state index in [2.05, 4.69) is 0 Å². The lowest BCUT2D eigenvalue weighted by molar-refractivity contribution is 0.0779. The molecule has 0 saturated carbocycles. The van der Waals surface area contributed by atoms with Crippen molar-refractivity contribution < 1.29 is 13.2 Å². The molecule has 0 aromatic heterocycles. The van der Waals surface area contributed by atoms with Crippen LogP contribution in [0.1, 0.15) is 24.2 Å². The summed E-state index contributed by atoms with van der Waals surface area (Å²) >= 11 is 17.9. The van der Waals surface area contributed by atoms with Crippen LogP contribution < -0.4 is 0 Å². The molecule has 0 heterocycles. The van der Waals surface area contributed by atoms with Gasteiger partial charge in [0, 0.05) is 24.3 Å². The van der Waals surface area contributed by atoms with Crippen molar-refractivity contribution in [3.05, 3.63) is 26.7 Å². The highest BCUT2D eigenvalue weighted by Gasteiger charge is 2.27. The standard InChI is InChI=1S/C12H13Cl4NO3S/c1-6(2)5-17(3)12(18)9-10(14)7(13)4-8(11(9)15)21(16,19)20/h4,6H,5H2,1-3H3. The van der Waals surface area contributed by atoms with Crippen LogP contribution in [0.25, 0.3) is 0 Å². The largest absolute Gasteiger partial charge is 0.341 e. The lowest BCUT2D eigenvalue weighted by atomic mass is 10.1. The Bertz CT molecular complexity index is 674. The summed E-state index contributed by atoms with van der Waals surface area (Å²) in [4.78, 5) is 13.4. The molecule has 0 unspecified atom stereocenters. The predicted molar refractivity (Wildman–Crippen MR) is 86.3 cm³/mol. The smallest absolute Gasteiger partial charge is 0.262 e. The maximum absolute atomic E-state index is 12.4. The normalized spacial score (nSPS) is 11.8. The van der Waals surface area contributed by atoms with Gasteiger partial charge in [0.2, 0.25) is 0 Å². The average Bonchev–Trinajstić information content (AvgIpc) is 2.31. The van der Waals surface area contributed by atoms with Crippen LogP contribution in [0.2, 0.25) is 15.1 Å². The molecule has 0 radical (unpaired) electrons. The zero-order valence-electron chi connectivity index (χ0n) is 11.5. The number of rotatable bonds is 4. The van der Waals surface area contributed by atoms with Crippen molar-refractivity contribution in [2.75, 3.05) is 13.6 Å². The summed E-state index contributed by atoms with van der Waals surface area (Å²) in [6.45, 7) is 4.31. The van der Waals surface area contributed by atoms with Gasteiger partial charge in [0.05, 0.1) is 20.6 Å². The number of benzene rings is 1.